The fraction of sp³-hybridized carbons (Fsp3) is 0. The van der Waals surface area contributed by atoms with Crippen molar-refractivity contribution < 1.29 is 0 Å². The van der Waals surface area contributed by atoms with Gasteiger partial charge in [0.2, 0.25) is 0 Å². The minimum absolute atomic E-state index is 1.18. The molecule has 0 saturated heterocycles. The molecule has 0 unspecified atom stereocenters. The van der Waals surface area contributed by atoms with Gasteiger partial charge in [0.25, 0.3) is 0 Å². The van der Waals surface area contributed by atoms with Crippen LogP contribution in [0.4, 0.5) is 0 Å². The van der Waals surface area contributed by atoms with E-state index in [-0.39, 0.29) is 0 Å². The second-order valence-corrected chi connectivity index (χ2v) is 10.9. The lowest BCUT2D eigenvalue weighted by molar-refractivity contribution is 1.18. The molecule has 190 valence electrons. The summed E-state index contributed by atoms with van der Waals surface area (Å²) < 4.78 is 2.40. The summed E-state index contributed by atoms with van der Waals surface area (Å²) in [5, 5.41) is 5.22. The van der Waals surface area contributed by atoms with Crippen LogP contribution in [0.3, 0.4) is 0 Å². The third kappa shape index (κ3) is 3.18. The van der Waals surface area contributed by atoms with E-state index < -0.39 is 0 Å². The van der Waals surface area contributed by atoms with Crippen molar-refractivity contribution >= 4 is 32.6 Å². The van der Waals surface area contributed by atoms with Crippen LogP contribution in [0.25, 0.3) is 82.8 Å². The Kier molecular flexibility index (Phi) is 4.67. The van der Waals surface area contributed by atoms with E-state index in [1.165, 1.54) is 82.8 Å². The molecule has 1 aromatic heterocycles. The first kappa shape index (κ1) is 22.4. The van der Waals surface area contributed by atoms with Crippen LogP contribution in [0.1, 0.15) is 0 Å². The molecule has 1 heterocycles. The van der Waals surface area contributed by atoms with Gasteiger partial charge in [-0.2, -0.15) is 0 Å². The van der Waals surface area contributed by atoms with Gasteiger partial charge >= 0.3 is 0 Å². The molecule has 0 bridgehead atoms. The second-order valence-electron chi connectivity index (χ2n) is 10.9. The summed E-state index contributed by atoms with van der Waals surface area (Å²) >= 11 is 0. The minimum Gasteiger partial charge on any atom is -0.309 e. The number of rotatable bonds is 3. The van der Waals surface area contributed by atoms with Gasteiger partial charge in [-0.3, -0.25) is 0 Å². The van der Waals surface area contributed by atoms with Gasteiger partial charge in [-0.15, -0.1) is 0 Å². The Morgan fingerprint density at radius 3 is 1.68 bits per heavy atom. The van der Waals surface area contributed by atoms with Crippen molar-refractivity contribution in [3.05, 3.63) is 152 Å². The summed E-state index contributed by atoms with van der Waals surface area (Å²) in [5.74, 6) is 0. The first-order valence-corrected chi connectivity index (χ1v) is 14.2. The normalized spacial score (nSPS) is 11.9. The maximum absolute atomic E-state index is 2.40. The Labute approximate surface area is 238 Å². The van der Waals surface area contributed by atoms with Crippen LogP contribution < -0.4 is 0 Å². The molecule has 9 rings (SSSR count). The molecule has 0 aliphatic heterocycles. The number of benzene rings is 7. The number of aromatic nitrogens is 1. The van der Waals surface area contributed by atoms with Gasteiger partial charge in [0.05, 0.1) is 11.0 Å². The molecule has 0 N–H and O–H groups in total. The molecule has 0 spiro atoms. The highest BCUT2D eigenvalue weighted by molar-refractivity contribution is 6.19. The lowest BCUT2D eigenvalue weighted by Crippen LogP contribution is -1.93. The zero-order valence-electron chi connectivity index (χ0n) is 22.4. The second kappa shape index (κ2) is 8.55. The van der Waals surface area contributed by atoms with Gasteiger partial charge in [0.1, 0.15) is 0 Å². The SMILES string of the molecule is c1ccc(-n2c3ccccc3c3ccc(-c4ccccc4-c4ccc5c6c(cccc46)-c4ccccc4-5)cc32)cc1. The molecule has 1 aliphatic rings. The van der Waals surface area contributed by atoms with E-state index in [2.05, 4.69) is 156 Å². The number of hydrogen-bond acceptors (Lipinski definition) is 0. The van der Waals surface area contributed by atoms with Crippen LogP contribution in [0, 0.1) is 0 Å². The predicted octanol–water partition coefficient (Wildman–Crippen LogP) is 10.9. The lowest BCUT2D eigenvalue weighted by atomic mass is 9.89. The maximum Gasteiger partial charge on any atom is 0.0547 e. The van der Waals surface area contributed by atoms with Crippen LogP contribution in [-0.4, -0.2) is 4.57 Å². The molecule has 1 aliphatic carbocycles. The van der Waals surface area contributed by atoms with Gasteiger partial charge in [-0.05, 0) is 79.5 Å². The van der Waals surface area contributed by atoms with Gasteiger partial charge in [-0.25, -0.2) is 0 Å². The predicted molar refractivity (Wildman–Crippen MR) is 174 cm³/mol. The zero-order chi connectivity index (χ0) is 26.9. The summed E-state index contributed by atoms with van der Waals surface area (Å²) in [6, 6.07) is 55.4. The number of fused-ring (bicyclic) bond motifs is 6. The van der Waals surface area contributed by atoms with E-state index in [0.717, 1.165) is 0 Å². The number of para-hydroxylation sites is 2. The Hall–Kier alpha value is -5.40. The van der Waals surface area contributed by atoms with E-state index in [4.69, 9.17) is 0 Å². The Morgan fingerprint density at radius 1 is 0.317 bits per heavy atom. The Balaban J connectivity index is 1.29. The lowest BCUT2D eigenvalue weighted by Gasteiger charge is -2.15. The van der Waals surface area contributed by atoms with Crippen molar-refractivity contribution in [3.63, 3.8) is 0 Å². The molecular weight excluding hydrogens is 494 g/mol. The van der Waals surface area contributed by atoms with Crippen molar-refractivity contribution in [1.29, 1.82) is 0 Å². The highest BCUT2D eigenvalue weighted by Gasteiger charge is 2.23. The van der Waals surface area contributed by atoms with Crippen LogP contribution >= 0.6 is 0 Å². The van der Waals surface area contributed by atoms with E-state index in [1.807, 2.05) is 0 Å². The molecule has 7 aromatic carbocycles. The smallest absolute Gasteiger partial charge is 0.0547 e. The molecule has 0 fully saturated rings. The van der Waals surface area contributed by atoms with Gasteiger partial charge in [-0.1, -0.05) is 127 Å². The molecule has 1 nitrogen and oxygen atoms in total. The van der Waals surface area contributed by atoms with E-state index >= 15 is 0 Å². The van der Waals surface area contributed by atoms with Crippen molar-refractivity contribution in [3.8, 4) is 50.2 Å². The Morgan fingerprint density at radius 2 is 0.878 bits per heavy atom. The number of nitrogens with zero attached hydrogens (tertiary/aromatic N) is 1. The quantitative estimate of drug-likeness (QED) is 0.219. The molecule has 0 atom stereocenters. The molecule has 41 heavy (non-hydrogen) atoms. The molecule has 0 saturated carbocycles. The van der Waals surface area contributed by atoms with Gasteiger partial charge in [0, 0.05) is 16.5 Å². The van der Waals surface area contributed by atoms with Crippen LogP contribution in [-0.2, 0) is 0 Å². The largest absolute Gasteiger partial charge is 0.309 e. The third-order valence-corrected chi connectivity index (χ3v) is 8.76. The highest BCUT2D eigenvalue weighted by Crippen LogP contribution is 2.50. The zero-order valence-corrected chi connectivity index (χ0v) is 22.4. The number of hydrogen-bond donors (Lipinski definition) is 0. The molecule has 8 aromatic rings. The Bertz CT molecular complexity index is 2270. The standard InChI is InChI=1S/C40H25N/c1-2-11-27(12-3-1)41-38-20-9-8-17-33(38)34-22-21-26(25-39(34)41)28-13-4-5-14-29(28)32-23-24-37-31-16-7-6-15-30(31)35-18-10-19-36(32)40(35)37/h1-25H. The summed E-state index contributed by atoms with van der Waals surface area (Å²) in [6.45, 7) is 0. The van der Waals surface area contributed by atoms with Crippen LogP contribution in [0.2, 0.25) is 0 Å². The van der Waals surface area contributed by atoms with Crippen LogP contribution in [0.15, 0.2) is 152 Å². The van der Waals surface area contributed by atoms with Gasteiger partial charge in [0.15, 0.2) is 0 Å². The average molecular weight is 520 g/mol. The minimum atomic E-state index is 1.18. The molecule has 1 heteroatoms. The maximum atomic E-state index is 2.40. The molecular formula is C40H25N. The molecule has 0 amide bonds. The van der Waals surface area contributed by atoms with Gasteiger partial charge < -0.3 is 4.57 Å². The van der Waals surface area contributed by atoms with Crippen molar-refractivity contribution in [1.82, 2.24) is 4.57 Å². The van der Waals surface area contributed by atoms with E-state index in [0.29, 0.717) is 0 Å². The van der Waals surface area contributed by atoms with Crippen molar-refractivity contribution in [2.24, 2.45) is 0 Å². The fourth-order valence-electron chi connectivity index (χ4n) is 7.01. The third-order valence-electron chi connectivity index (χ3n) is 8.76. The summed E-state index contributed by atoms with van der Waals surface area (Å²) in [4.78, 5) is 0. The first-order chi connectivity index (χ1) is 20.4. The highest BCUT2D eigenvalue weighted by atomic mass is 15.0. The summed E-state index contributed by atoms with van der Waals surface area (Å²) in [5.41, 5.74) is 14.0. The van der Waals surface area contributed by atoms with E-state index in [9.17, 15) is 0 Å². The van der Waals surface area contributed by atoms with Crippen molar-refractivity contribution in [2.45, 2.75) is 0 Å². The summed E-state index contributed by atoms with van der Waals surface area (Å²) in [7, 11) is 0. The average Bonchev–Trinajstić information content (AvgIpc) is 3.55. The fourth-order valence-corrected chi connectivity index (χ4v) is 7.01. The topological polar surface area (TPSA) is 4.93 Å². The van der Waals surface area contributed by atoms with Crippen molar-refractivity contribution in [2.75, 3.05) is 0 Å². The van der Waals surface area contributed by atoms with E-state index in [1.54, 1.807) is 0 Å². The monoisotopic (exact) mass is 519 g/mol. The molecule has 0 radical (unpaired) electrons. The first-order valence-electron chi connectivity index (χ1n) is 14.2. The summed E-state index contributed by atoms with van der Waals surface area (Å²) in [6.07, 6.45) is 0. The van der Waals surface area contributed by atoms with Crippen LogP contribution in [0.5, 0.6) is 0 Å².